The fourth-order valence-corrected chi connectivity index (χ4v) is 3.39. The molecule has 7 nitrogen and oxygen atoms in total. The number of hydrazine groups is 1. The van der Waals surface area contributed by atoms with Gasteiger partial charge in [-0.2, -0.15) is 0 Å². The van der Waals surface area contributed by atoms with Crippen molar-refractivity contribution in [2.24, 2.45) is 0 Å². The van der Waals surface area contributed by atoms with E-state index in [0.717, 1.165) is 3.57 Å². The van der Waals surface area contributed by atoms with Crippen LogP contribution in [0.1, 0.15) is 17.3 Å². The quantitative estimate of drug-likeness (QED) is 0.290. The van der Waals surface area contributed by atoms with E-state index in [1.807, 2.05) is 0 Å². The first kappa shape index (κ1) is 23.5. The standard InChI is InChI=1S/C18H16Cl2IN3O4S/c1-9(28-14-6-4-11(19)8-12(14)20)16(25)22-18(29)24-23-17(26)10-3-5-15(27-2)13(21)7-10/h3-9H,1-2H3,(H,23,26)(H2,22,24,25,29). The van der Waals surface area contributed by atoms with Gasteiger partial charge in [0, 0.05) is 10.6 Å². The predicted molar refractivity (Wildman–Crippen MR) is 124 cm³/mol. The molecule has 0 aliphatic rings. The lowest BCUT2D eigenvalue weighted by Crippen LogP contribution is -2.51. The highest BCUT2D eigenvalue weighted by molar-refractivity contribution is 14.1. The molecule has 0 fully saturated rings. The maximum Gasteiger partial charge on any atom is 0.269 e. The van der Waals surface area contributed by atoms with E-state index in [4.69, 9.17) is 44.9 Å². The minimum absolute atomic E-state index is 0.0933. The van der Waals surface area contributed by atoms with Crippen molar-refractivity contribution in [3.63, 3.8) is 0 Å². The number of hydrogen-bond acceptors (Lipinski definition) is 5. The molecule has 1 atom stereocenters. The van der Waals surface area contributed by atoms with Crippen LogP contribution in [0, 0.1) is 3.57 Å². The van der Waals surface area contributed by atoms with E-state index in [0.29, 0.717) is 22.1 Å². The molecule has 0 aliphatic carbocycles. The zero-order valence-corrected chi connectivity index (χ0v) is 19.7. The van der Waals surface area contributed by atoms with Crippen LogP contribution in [0.3, 0.4) is 0 Å². The summed E-state index contributed by atoms with van der Waals surface area (Å²) in [6.45, 7) is 1.53. The van der Waals surface area contributed by atoms with Crippen LogP contribution in [-0.2, 0) is 4.79 Å². The van der Waals surface area contributed by atoms with Crippen molar-refractivity contribution >= 4 is 74.9 Å². The Hall–Kier alpha value is -1.82. The van der Waals surface area contributed by atoms with Gasteiger partial charge < -0.3 is 9.47 Å². The zero-order chi connectivity index (χ0) is 21.6. The summed E-state index contributed by atoms with van der Waals surface area (Å²) in [6, 6.07) is 9.59. The van der Waals surface area contributed by atoms with E-state index in [1.165, 1.54) is 13.0 Å². The van der Waals surface area contributed by atoms with Gasteiger partial charge in [0.1, 0.15) is 11.5 Å². The van der Waals surface area contributed by atoms with Crippen molar-refractivity contribution in [2.45, 2.75) is 13.0 Å². The van der Waals surface area contributed by atoms with Crippen LogP contribution in [0.15, 0.2) is 36.4 Å². The molecule has 29 heavy (non-hydrogen) atoms. The first-order chi connectivity index (χ1) is 13.7. The summed E-state index contributed by atoms with van der Waals surface area (Å²) < 4.78 is 11.4. The van der Waals surface area contributed by atoms with E-state index >= 15 is 0 Å². The number of rotatable bonds is 5. The maximum atomic E-state index is 12.2. The number of carbonyl (C=O) groups is 2. The number of hydrogen-bond donors (Lipinski definition) is 3. The molecule has 0 radical (unpaired) electrons. The van der Waals surface area contributed by atoms with Gasteiger partial charge >= 0.3 is 0 Å². The van der Waals surface area contributed by atoms with Crippen LogP contribution in [-0.4, -0.2) is 30.1 Å². The molecule has 1 unspecified atom stereocenters. The Morgan fingerprint density at radius 2 is 1.79 bits per heavy atom. The number of amides is 2. The Morgan fingerprint density at radius 1 is 1.10 bits per heavy atom. The van der Waals surface area contributed by atoms with Crippen molar-refractivity contribution < 1.29 is 19.1 Å². The summed E-state index contributed by atoms with van der Waals surface area (Å²) in [5.41, 5.74) is 5.27. The van der Waals surface area contributed by atoms with E-state index in [1.54, 1.807) is 37.4 Å². The fourth-order valence-electron chi connectivity index (χ4n) is 2.05. The number of methoxy groups -OCH3 is 1. The Bertz CT molecular complexity index is 945. The van der Waals surface area contributed by atoms with Gasteiger partial charge in [0.15, 0.2) is 11.2 Å². The molecule has 2 amide bonds. The highest BCUT2D eigenvalue weighted by atomic mass is 127. The van der Waals surface area contributed by atoms with Gasteiger partial charge in [-0.05, 0) is 78.1 Å². The van der Waals surface area contributed by atoms with Gasteiger partial charge in [-0.1, -0.05) is 23.2 Å². The first-order valence-corrected chi connectivity index (χ1v) is 10.3. The lowest BCUT2D eigenvalue weighted by molar-refractivity contribution is -0.125. The molecule has 154 valence electrons. The minimum Gasteiger partial charge on any atom is -0.496 e. The van der Waals surface area contributed by atoms with Crippen molar-refractivity contribution in [1.82, 2.24) is 16.2 Å². The topological polar surface area (TPSA) is 88.7 Å². The molecule has 11 heteroatoms. The molecule has 0 saturated heterocycles. The number of ether oxygens (including phenoxy) is 2. The Labute approximate surface area is 196 Å². The smallest absolute Gasteiger partial charge is 0.269 e. The van der Waals surface area contributed by atoms with Gasteiger partial charge in [-0.15, -0.1) is 0 Å². The summed E-state index contributed by atoms with van der Waals surface area (Å²) in [6.07, 6.45) is -0.896. The molecule has 2 aromatic carbocycles. The summed E-state index contributed by atoms with van der Waals surface area (Å²) in [5.74, 6) is 0.00820. The first-order valence-electron chi connectivity index (χ1n) is 8.07. The SMILES string of the molecule is COc1ccc(C(=O)NNC(=S)NC(=O)C(C)Oc2ccc(Cl)cc2Cl)cc1I. The average molecular weight is 568 g/mol. The zero-order valence-electron chi connectivity index (χ0n) is 15.2. The fraction of sp³-hybridized carbons (Fsp3) is 0.167. The summed E-state index contributed by atoms with van der Waals surface area (Å²) in [7, 11) is 1.55. The van der Waals surface area contributed by atoms with Crippen molar-refractivity contribution in [2.75, 3.05) is 7.11 Å². The van der Waals surface area contributed by atoms with Crippen LogP contribution in [0.5, 0.6) is 11.5 Å². The molecule has 0 aromatic heterocycles. The van der Waals surface area contributed by atoms with Crippen molar-refractivity contribution in [3.05, 3.63) is 55.6 Å². The second-order valence-corrected chi connectivity index (χ2v) is 8.00. The second kappa shape index (κ2) is 10.8. The molecule has 0 saturated carbocycles. The number of halogens is 3. The Kier molecular flexibility index (Phi) is 8.75. The van der Waals surface area contributed by atoms with Gasteiger partial charge in [0.25, 0.3) is 11.8 Å². The van der Waals surface area contributed by atoms with E-state index < -0.39 is 17.9 Å². The normalized spacial score (nSPS) is 11.2. The van der Waals surface area contributed by atoms with Gasteiger partial charge in [-0.3, -0.25) is 25.8 Å². The van der Waals surface area contributed by atoms with E-state index in [2.05, 4.69) is 38.8 Å². The second-order valence-electron chi connectivity index (χ2n) is 5.58. The third-order valence-electron chi connectivity index (χ3n) is 3.51. The number of nitrogens with one attached hydrogen (secondary N) is 3. The molecule has 3 N–H and O–H groups in total. The van der Waals surface area contributed by atoms with Crippen molar-refractivity contribution in [1.29, 1.82) is 0 Å². The molecule has 2 aromatic rings. The number of benzene rings is 2. The lowest BCUT2D eigenvalue weighted by Gasteiger charge is -2.17. The molecule has 0 aliphatic heterocycles. The van der Waals surface area contributed by atoms with Gasteiger partial charge in [0.2, 0.25) is 0 Å². The van der Waals surface area contributed by atoms with E-state index in [9.17, 15) is 9.59 Å². The van der Waals surface area contributed by atoms with Crippen LogP contribution in [0.4, 0.5) is 0 Å². The van der Waals surface area contributed by atoms with Gasteiger partial charge in [-0.25, -0.2) is 0 Å². The molecule has 0 spiro atoms. The third kappa shape index (κ3) is 6.88. The number of thiocarbonyl (C=S) groups is 1. The Morgan fingerprint density at radius 3 is 2.41 bits per heavy atom. The van der Waals surface area contributed by atoms with Crippen LogP contribution in [0.25, 0.3) is 0 Å². The third-order valence-corrected chi connectivity index (χ3v) is 5.08. The summed E-state index contributed by atoms with van der Waals surface area (Å²) in [4.78, 5) is 24.4. The van der Waals surface area contributed by atoms with Gasteiger partial charge in [0.05, 0.1) is 15.7 Å². The number of carbonyl (C=O) groups excluding carboxylic acids is 2. The molecule has 0 heterocycles. The highest BCUT2D eigenvalue weighted by Crippen LogP contribution is 2.28. The molecular weight excluding hydrogens is 552 g/mol. The lowest BCUT2D eigenvalue weighted by atomic mass is 10.2. The predicted octanol–water partition coefficient (Wildman–Crippen LogP) is 3.71. The molecular formula is C18H16Cl2IN3O4S. The maximum absolute atomic E-state index is 12.2. The summed E-state index contributed by atoms with van der Waals surface area (Å²) >= 11 is 18.9. The van der Waals surface area contributed by atoms with E-state index in [-0.39, 0.29) is 10.1 Å². The van der Waals surface area contributed by atoms with Crippen LogP contribution < -0.4 is 25.6 Å². The monoisotopic (exact) mass is 567 g/mol. The highest BCUT2D eigenvalue weighted by Gasteiger charge is 2.18. The summed E-state index contributed by atoms with van der Waals surface area (Å²) in [5, 5.41) is 3.05. The largest absolute Gasteiger partial charge is 0.496 e. The molecule has 2 rings (SSSR count). The average Bonchev–Trinajstić information content (AvgIpc) is 2.68. The minimum atomic E-state index is -0.896. The van der Waals surface area contributed by atoms with Crippen molar-refractivity contribution in [3.8, 4) is 11.5 Å². The van der Waals surface area contributed by atoms with Crippen LogP contribution >= 0.6 is 58.0 Å². The molecule has 0 bridgehead atoms. The van der Waals surface area contributed by atoms with Crippen LogP contribution in [0.2, 0.25) is 10.0 Å². The Balaban J connectivity index is 1.85.